The molecule has 0 aliphatic rings. The van der Waals surface area contributed by atoms with Gasteiger partial charge in [0.2, 0.25) is 0 Å². The Hall–Kier alpha value is -1.09. The molecule has 0 amide bonds. The molecule has 84 valence electrons. The van der Waals surface area contributed by atoms with E-state index in [0.717, 1.165) is 25.3 Å². The predicted molar refractivity (Wildman–Crippen MR) is 63.5 cm³/mol. The van der Waals surface area contributed by atoms with E-state index < -0.39 is 0 Å². The van der Waals surface area contributed by atoms with Gasteiger partial charge in [0.05, 0.1) is 6.54 Å². The fraction of sp³-hybridized carbons (Fsp3) is 0.583. The van der Waals surface area contributed by atoms with Crippen molar-refractivity contribution in [3.63, 3.8) is 0 Å². The summed E-state index contributed by atoms with van der Waals surface area (Å²) in [5, 5.41) is 0. The third-order valence-corrected chi connectivity index (χ3v) is 2.37. The van der Waals surface area contributed by atoms with Crippen LogP contribution in [0.25, 0.3) is 0 Å². The number of rotatable bonds is 6. The summed E-state index contributed by atoms with van der Waals surface area (Å²) in [6, 6.07) is 0. The molecule has 0 aromatic carbocycles. The second kappa shape index (κ2) is 5.12. The van der Waals surface area contributed by atoms with Crippen LogP contribution in [0.4, 0.5) is 0 Å². The van der Waals surface area contributed by atoms with E-state index in [0.29, 0.717) is 0 Å². The summed E-state index contributed by atoms with van der Waals surface area (Å²) in [5.41, 5.74) is 0.281. The van der Waals surface area contributed by atoms with Gasteiger partial charge in [0.15, 0.2) is 0 Å². The zero-order chi connectivity index (χ0) is 11.3. The average Bonchev–Trinajstić information content (AvgIpc) is 2.54. The van der Waals surface area contributed by atoms with Gasteiger partial charge in [0.1, 0.15) is 5.82 Å². The van der Waals surface area contributed by atoms with Crippen molar-refractivity contribution < 1.29 is 0 Å². The lowest BCUT2D eigenvalue weighted by atomic mass is 9.89. The van der Waals surface area contributed by atoms with Gasteiger partial charge in [-0.25, -0.2) is 4.98 Å². The minimum absolute atomic E-state index is 0.281. The first-order chi connectivity index (χ1) is 7.03. The predicted octanol–water partition coefficient (Wildman–Crippen LogP) is 2.44. The summed E-state index contributed by atoms with van der Waals surface area (Å²) in [6.07, 6.45) is 6.67. The molecule has 0 fully saturated rings. The van der Waals surface area contributed by atoms with E-state index in [4.69, 9.17) is 0 Å². The molecule has 3 heteroatoms. The molecule has 0 spiro atoms. The van der Waals surface area contributed by atoms with Gasteiger partial charge in [-0.1, -0.05) is 19.9 Å². The first-order valence-electron chi connectivity index (χ1n) is 5.31. The summed E-state index contributed by atoms with van der Waals surface area (Å²) >= 11 is 0. The minimum Gasteiger partial charge on any atom is -0.348 e. The highest BCUT2D eigenvalue weighted by atomic mass is 15.1. The second-order valence-corrected chi connectivity index (χ2v) is 4.87. The van der Waals surface area contributed by atoms with Crippen LogP contribution >= 0.6 is 0 Å². The van der Waals surface area contributed by atoms with Crippen LogP contribution in [-0.4, -0.2) is 28.5 Å². The topological polar surface area (TPSA) is 31.9 Å². The lowest BCUT2D eigenvalue weighted by molar-refractivity contribution is 0.202. The Morgan fingerprint density at radius 1 is 1.60 bits per heavy atom. The van der Waals surface area contributed by atoms with E-state index in [1.165, 1.54) is 0 Å². The number of aromatic amines is 1. The van der Waals surface area contributed by atoms with Crippen LogP contribution in [0.2, 0.25) is 0 Å². The molecule has 1 rings (SSSR count). The maximum Gasteiger partial charge on any atom is 0.120 e. The van der Waals surface area contributed by atoms with Gasteiger partial charge < -0.3 is 4.98 Å². The van der Waals surface area contributed by atoms with Gasteiger partial charge in [-0.2, -0.15) is 0 Å². The average molecular weight is 207 g/mol. The Bertz CT molecular complexity index is 288. The lowest BCUT2D eigenvalue weighted by Gasteiger charge is -2.28. The largest absolute Gasteiger partial charge is 0.348 e. The fourth-order valence-electron chi connectivity index (χ4n) is 1.88. The Morgan fingerprint density at radius 2 is 2.33 bits per heavy atom. The van der Waals surface area contributed by atoms with E-state index >= 15 is 0 Å². The maximum atomic E-state index is 4.21. The van der Waals surface area contributed by atoms with Gasteiger partial charge in [0.25, 0.3) is 0 Å². The van der Waals surface area contributed by atoms with Gasteiger partial charge in [0, 0.05) is 18.9 Å². The molecule has 1 aromatic heterocycles. The molecule has 1 aromatic rings. The first kappa shape index (κ1) is 12.0. The first-order valence-corrected chi connectivity index (χ1v) is 5.31. The number of nitrogens with one attached hydrogen (secondary N) is 1. The molecule has 0 saturated heterocycles. The summed E-state index contributed by atoms with van der Waals surface area (Å²) in [7, 11) is 2.12. The van der Waals surface area contributed by atoms with Gasteiger partial charge in [-0.15, -0.1) is 6.58 Å². The summed E-state index contributed by atoms with van der Waals surface area (Å²) in [4.78, 5) is 9.61. The normalized spacial score (nSPS) is 12.0. The number of imidazole rings is 1. The van der Waals surface area contributed by atoms with Crippen LogP contribution < -0.4 is 0 Å². The molecule has 0 aliphatic heterocycles. The van der Waals surface area contributed by atoms with Crippen LogP contribution in [0.5, 0.6) is 0 Å². The quantitative estimate of drug-likeness (QED) is 0.727. The molecule has 0 bridgehead atoms. The van der Waals surface area contributed by atoms with Crippen LogP contribution in [-0.2, 0) is 6.54 Å². The van der Waals surface area contributed by atoms with E-state index in [2.05, 4.69) is 42.3 Å². The molecule has 3 nitrogen and oxygen atoms in total. The van der Waals surface area contributed by atoms with Crippen molar-refractivity contribution in [1.29, 1.82) is 0 Å². The third kappa shape index (κ3) is 4.30. The number of allylic oxidation sites excluding steroid dienone is 1. The highest BCUT2D eigenvalue weighted by Crippen LogP contribution is 2.21. The molecule has 1 N–H and O–H groups in total. The molecule has 0 atom stereocenters. The number of hydrogen-bond donors (Lipinski definition) is 1. The molecule has 0 unspecified atom stereocenters. The second-order valence-electron chi connectivity index (χ2n) is 4.87. The van der Waals surface area contributed by atoms with Gasteiger partial charge in [-0.05, 0) is 18.9 Å². The van der Waals surface area contributed by atoms with Crippen molar-refractivity contribution in [3.05, 3.63) is 30.9 Å². The Kier molecular flexibility index (Phi) is 4.09. The van der Waals surface area contributed by atoms with Crippen molar-refractivity contribution in [2.45, 2.75) is 26.8 Å². The SMILES string of the molecule is C=CCC(C)(C)CN(C)Cc1ncc[nH]1. The Morgan fingerprint density at radius 3 is 2.87 bits per heavy atom. The van der Waals surface area contributed by atoms with Crippen LogP contribution in [0, 0.1) is 5.41 Å². The van der Waals surface area contributed by atoms with Crippen molar-refractivity contribution >= 4 is 0 Å². The summed E-state index contributed by atoms with van der Waals surface area (Å²) in [6.45, 7) is 10.2. The molecule has 0 saturated carbocycles. The minimum atomic E-state index is 0.281. The molecule has 15 heavy (non-hydrogen) atoms. The zero-order valence-electron chi connectivity index (χ0n) is 9.95. The number of nitrogens with zero attached hydrogens (tertiary/aromatic N) is 2. The van der Waals surface area contributed by atoms with Gasteiger partial charge in [-0.3, -0.25) is 4.90 Å². The van der Waals surface area contributed by atoms with Crippen LogP contribution in [0.1, 0.15) is 26.1 Å². The molecule has 0 radical (unpaired) electrons. The summed E-state index contributed by atoms with van der Waals surface area (Å²) in [5.74, 6) is 1.02. The zero-order valence-corrected chi connectivity index (χ0v) is 9.95. The van der Waals surface area contributed by atoms with E-state index in [9.17, 15) is 0 Å². The molecule has 0 aliphatic carbocycles. The van der Waals surface area contributed by atoms with E-state index in [1.807, 2.05) is 12.3 Å². The number of H-pyrrole nitrogens is 1. The smallest absolute Gasteiger partial charge is 0.120 e. The Balaban J connectivity index is 2.41. The highest BCUT2D eigenvalue weighted by molar-refractivity contribution is 4.88. The Labute approximate surface area is 92.2 Å². The van der Waals surface area contributed by atoms with E-state index in [-0.39, 0.29) is 5.41 Å². The van der Waals surface area contributed by atoms with Crippen molar-refractivity contribution in [2.24, 2.45) is 5.41 Å². The standard InChI is InChI=1S/C12H21N3/c1-5-6-12(2,3)10-15(4)9-11-13-7-8-14-11/h5,7-8H,1,6,9-10H2,2-4H3,(H,13,14). The lowest BCUT2D eigenvalue weighted by Crippen LogP contribution is -2.31. The van der Waals surface area contributed by atoms with Crippen LogP contribution in [0.3, 0.4) is 0 Å². The molecule has 1 heterocycles. The van der Waals surface area contributed by atoms with Gasteiger partial charge >= 0.3 is 0 Å². The van der Waals surface area contributed by atoms with E-state index in [1.54, 1.807) is 6.20 Å². The number of hydrogen-bond acceptors (Lipinski definition) is 2. The van der Waals surface area contributed by atoms with Crippen molar-refractivity contribution in [1.82, 2.24) is 14.9 Å². The van der Waals surface area contributed by atoms with Crippen LogP contribution in [0.15, 0.2) is 25.0 Å². The molecular formula is C12H21N3. The van der Waals surface area contributed by atoms with Crippen molar-refractivity contribution in [3.8, 4) is 0 Å². The third-order valence-electron chi connectivity index (χ3n) is 2.37. The monoisotopic (exact) mass is 207 g/mol. The number of aromatic nitrogens is 2. The molecular weight excluding hydrogens is 186 g/mol. The maximum absolute atomic E-state index is 4.21. The summed E-state index contributed by atoms with van der Waals surface area (Å²) < 4.78 is 0. The fourth-order valence-corrected chi connectivity index (χ4v) is 1.88. The highest BCUT2D eigenvalue weighted by Gasteiger charge is 2.18. The van der Waals surface area contributed by atoms with Crippen molar-refractivity contribution in [2.75, 3.05) is 13.6 Å².